The number of fused-ring (bicyclic) bond motifs is 1. The number of hydrogen-bond acceptors (Lipinski definition) is 11. The summed E-state index contributed by atoms with van der Waals surface area (Å²) in [6.45, 7) is 12.0. The maximum atomic E-state index is 14.0. The average molecular weight is 851 g/mol. The smallest absolute Gasteiger partial charge is 0.262 e. The Labute approximate surface area is 365 Å². The van der Waals surface area contributed by atoms with Gasteiger partial charge >= 0.3 is 0 Å². The molecule has 4 amide bonds. The third-order valence-electron chi connectivity index (χ3n) is 13.7. The number of aryl methyl sites for hydroxylation is 1. The highest BCUT2D eigenvalue weighted by molar-refractivity contribution is 7.98. The number of rotatable bonds is 15. The van der Waals surface area contributed by atoms with Crippen LogP contribution in [0.4, 0.5) is 5.69 Å². The first-order valence-corrected chi connectivity index (χ1v) is 23.8. The number of anilines is 1. The number of imide groups is 2. The monoisotopic (exact) mass is 850 g/mol. The Balaban J connectivity index is 0.767. The van der Waals surface area contributed by atoms with Crippen molar-refractivity contribution in [3.05, 3.63) is 88.5 Å². The van der Waals surface area contributed by atoms with Crippen molar-refractivity contribution in [3.8, 4) is 11.5 Å². The number of amides is 4. The molecule has 5 aliphatic rings. The van der Waals surface area contributed by atoms with Crippen molar-refractivity contribution in [2.45, 2.75) is 82.3 Å². The molecule has 61 heavy (non-hydrogen) atoms. The van der Waals surface area contributed by atoms with Crippen LogP contribution in [0.5, 0.6) is 11.5 Å². The Hall–Kier alpha value is -4.43. The van der Waals surface area contributed by atoms with E-state index in [1.165, 1.54) is 49.2 Å². The number of benzene rings is 3. The largest absolute Gasteiger partial charge is 0.493 e. The second kappa shape index (κ2) is 19.7. The minimum Gasteiger partial charge on any atom is -0.493 e. The first-order chi connectivity index (χ1) is 29.7. The molecule has 13 heteroatoms. The van der Waals surface area contributed by atoms with E-state index in [2.05, 4.69) is 49.2 Å². The van der Waals surface area contributed by atoms with Crippen molar-refractivity contribution in [2.75, 3.05) is 89.5 Å². The molecule has 5 aliphatic heterocycles. The zero-order valence-corrected chi connectivity index (χ0v) is 36.9. The molecule has 3 aromatic carbocycles. The molecule has 0 bridgehead atoms. The standard InChI is InChI=1S/C48H62N6O6S/c1-4-60-44-30-35(11-15-43(44)59-2)42(32-61-3)54-47(57)40-13-12-38(31-41(40)48(54)58)53-28-26-52(27-29-53)37-19-24-51(25-20-37)36-17-22-50(23-18-36)21-5-6-33-7-9-34(10-8-33)39-14-16-45(55)49-46(39)56/h7-13,15,30-31,36-37,39,42H,4-6,14,16-29,32H2,1-3H3,(H,49,55,56). The number of likely N-dealkylation sites (tertiary alicyclic amines) is 2. The highest BCUT2D eigenvalue weighted by Gasteiger charge is 2.41. The first-order valence-electron chi connectivity index (χ1n) is 22.4. The van der Waals surface area contributed by atoms with E-state index in [1.54, 1.807) is 18.9 Å². The van der Waals surface area contributed by atoms with Crippen LogP contribution < -0.4 is 19.7 Å². The zero-order valence-electron chi connectivity index (χ0n) is 36.1. The summed E-state index contributed by atoms with van der Waals surface area (Å²) in [5.74, 6) is 0.758. The fourth-order valence-corrected chi connectivity index (χ4v) is 10.9. The van der Waals surface area contributed by atoms with Crippen LogP contribution in [0.1, 0.15) is 101 Å². The minimum absolute atomic E-state index is 0.169. The molecule has 2 unspecified atom stereocenters. The van der Waals surface area contributed by atoms with Gasteiger partial charge in [0, 0.05) is 56.1 Å². The summed E-state index contributed by atoms with van der Waals surface area (Å²) in [5.41, 5.74) is 5.12. The van der Waals surface area contributed by atoms with Gasteiger partial charge in [0.1, 0.15) is 0 Å². The van der Waals surface area contributed by atoms with E-state index in [9.17, 15) is 19.2 Å². The van der Waals surface area contributed by atoms with Gasteiger partial charge in [-0.05, 0) is 138 Å². The fourth-order valence-electron chi connectivity index (χ4n) is 10.3. The van der Waals surface area contributed by atoms with Crippen LogP contribution in [0, 0.1) is 0 Å². The number of carbonyl (C=O) groups excluding carboxylic acids is 4. The van der Waals surface area contributed by atoms with Gasteiger partial charge in [-0.3, -0.25) is 34.3 Å². The summed E-state index contributed by atoms with van der Waals surface area (Å²) in [5, 5.41) is 2.47. The lowest BCUT2D eigenvalue weighted by molar-refractivity contribution is -0.134. The van der Waals surface area contributed by atoms with E-state index in [0.717, 1.165) is 75.5 Å². The van der Waals surface area contributed by atoms with E-state index in [-0.39, 0.29) is 29.5 Å². The molecule has 0 aromatic heterocycles. The van der Waals surface area contributed by atoms with Gasteiger partial charge < -0.3 is 24.2 Å². The number of hydrogen-bond donors (Lipinski definition) is 1. The molecular formula is C48H62N6O6S. The Morgan fingerprint density at radius 2 is 1.44 bits per heavy atom. The lowest BCUT2D eigenvalue weighted by atomic mass is 9.90. The number of nitrogens with one attached hydrogen (secondary N) is 1. The van der Waals surface area contributed by atoms with E-state index >= 15 is 0 Å². The van der Waals surface area contributed by atoms with Crippen LogP contribution >= 0.6 is 11.8 Å². The van der Waals surface area contributed by atoms with Crippen LogP contribution in [0.3, 0.4) is 0 Å². The van der Waals surface area contributed by atoms with Gasteiger partial charge in [0.15, 0.2) is 11.5 Å². The molecule has 12 nitrogen and oxygen atoms in total. The topological polar surface area (TPSA) is 115 Å². The summed E-state index contributed by atoms with van der Waals surface area (Å²) < 4.78 is 11.3. The molecule has 5 heterocycles. The van der Waals surface area contributed by atoms with Crippen LogP contribution in [-0.2, 0) is 16.0 Å². The molecule has 0 radical (unpaired) electrons. The van der Waals surface area contributed by atoms with Crippen LogP contribution in [0.15, 0.2) is 60.7 Å². The Bertz CT molecular complexity index is 2040. The number of ether oxygens (including phenoxy) is 2. The number of carbonyl (C=O) groups is 4. The zero-order chi connectivity index (χ0) is 42.5. The number of methoxy groups -OCH3 is 1. The van der Waals surface area contributed by atoms with Gasteiger partial charge in [0.2, 0.25) is 11.8 Å². The van der Waals surface area contributed by atoms with Crippen molar-refractivity contribution < 1.29 is 28.7 Å². The first kappa shape index (κ1) is 43.2. The molecule has 0 spiro atoms. The fraction of sp³-hybridized carbons (Fsp3) is 0.542. The SMILES string of the molecule is CCOc1cc(C(CSC)N2C(=O)c3ccc(N4CCN(C5CCN(C6CCN(CCCc7ccc(C8CCC(=O)NC8=O)cc7)CC6)CC5)CC4)cc3C2=O)ccc1OC. The Kier molecular flexibility index (Phi) is 14.0. The number of thioether (sulfide) groups is 1. The predicted molar refractivity (Wildman–Crippen MR) is 240 cm³/mol. The second-order valence-electron chi connectivity index (χ2n) is 17.2. The molecule has 1 N–H and O–H groups in total. The van der Waals surface area contributed by atoms with E-state index < -0.39 is 6.04 Å². The van der Waals surface area contributed by atoms with Gasteiger partial charge in [0.25, 0.3) is 11.8 Å². The Morgan fingerprint density at radius 3 is 2.11 bits per heavy atom. The lowest BCUT2D eigenvalue weighted by Gasteiger charge is -2.46. The molecular weight excluding hydrogens is 789 g/mol. The maximum absolute atomic E-state index is 14.0. The molecule has 0 aliphatic carbocycles. The normalized spacial score (nSPS) is 21.8. The molecule has 3 aromatic rings. The summed E-state index contributed by atoms with van der Waals surface area (Å²) in [6, 6.07) is 20.8. The van der Waals surface area contributed by atoms with Gasteiger partial charge in [0.05, 0.1) is 36.8 Å². The van der Waals surface area contributed by atoms with Gasteiger partial charge in [-0.2, -0.15) is 11.8 Å². The summed E-state index contributed by atoms with van der Waals surface area (Å²) in [6.07, 6.45) is 10.1. The number of piperidine rings is 3. The van der Waals surface area contributed by atoms with Crippen molar-refractivity contribution in [3.63, 3.8) is 0 Å². The van der Waals surface area contributed by atoms with E-state index in [0.29, 0.717) is 59.9 Å². The summed E-state index contributed by atoms with van der Waals surface area (Å²) in [7, 11) is 1.61. The molecule has 4 saturated heterocycles. The van der Waals surface area contributed by atoms with Crippen molar-refractivity contribution in [1.82, 2.24) is 24.9 Å². The van der Waals surface area contributed by atoms with Crippen LogP contribution in [-0.4, -0.2) is 140 Å². The van der Waals surface area contributed by atoms with E-state index in [1.807, 2.05) is 49.6 Å². The number of piperazine rings is 1. The molecule has 326 valence electrons. The van der Waals surface area contributed by atoms with Gasteiger partial charge in [-0.1, -0.05) is 30.3 Å². The quantitative estimate of drug-likeness (QED) is 0.182. The van der Waals surface area contributed by atoms with Crippen molar-refractivity contribution in [1.29, 1.82) is 0 Å². The predicted octanol–water partition coefficient (Wildman–Crippen LogP) is 6.00. The van der Waals surface area contributed by atoms with Gasteiger partial charge in [-0.25, -0.2) is 0 Å². The number of nitrogens with zero attached hydrogens (tertiary/aromatic N) is 5. The Morgan fingerprint density at radius 1 is 0.754 bits per heavy atom. The summed E-state index contributed by atoms with van der Waals surface area (Å²) >= 11 is 1.61. The molecule has 0 saturated carbocycles. The van der Waals surface area contributed by atoms with Crippen molar-refractivity contribution >= 4 is 41.1 Å². The van der Waals surface area contributed by atoms with Crippen molar-refractivity contribution in [2.24, 2.45) is 0 Å². The second-order valence-corrected chi connectivity index (χ2v) is 18.1. The third kappa shape index (κ3) is 9.65. The maximum Gasteiger partial charge on any atom is 0.262 e. The van der Waals surface area contributed by atoms with Crippen LogP contribution in [0.2, 0.25) is 0 Å². The lowest BCUT2D eigenvalue weighted by Crippen LogP contribution is -2.55. The highest BCUT2D eigenvalue weighted by atomic mass is 32.2. The van der Waals surface area contributed by atoms with Gasteiger partial charge in [-0.15, -0.1) is 0 Å². The third-order valence-corrected chi connectivity index (χ3v) is 14.4. The average Bonchev–Trinajstić information content (AvgIpc) is 3.54. The van der Waals surface area contributed by atoms with Crippen LogP contribution in [0.25, 0.3) is 0 Å². The summed E-state index contributed by atoms with van der Waals surface area (Å²) in [4.78, 5) is 63.5. The molecule has 2 atom stereocenters. The highest BCUT2D eigenvalue weighted by Crippen LogP contribution is 2.38. The molecule has 8 rings (SSSR count). The molecule has 4 fully saturated rings. The minimum atomic E-state index is -0.429. The van der Waals surface area contributed by atoms with E-state index in [4.69, 9.17) is 9.47 Å².